The summed E-state index contributed by atoms with van der Waals surface area (Å²) in [6.07, 6.45) is 2.79. The van der Waals surface area contributed by atoms with Gasteiger partial charge in [0.2, 0.25) is 11.8 Å². The number of amides is 2. The highest BCUT2D eigenvalue weighted by Crippen LogP contribution is 2.34. The van der Waals surface area contributed by atoms with Crippen LogP contribution in [0.25, 0.3) is 0 Å². The first-order chi connectivity index (χ1) is 10.5. The lowest BCUT2D eigenvalue weighted by Crippen LogP contribution is -2.42. The first-order valence-corrected chi connectivity index (χ1v) is 8.59. The van der Waals surface area contributed by atoms with Crippen LogP contribution in [0.15, 0.2) is 17.5 Å². The molecule has 0 spiro atoms. The maximum Gasteiger partial charge on any atom is 0.222 e. The zero-order chi connectivity index (χ0) is 16.1. The van der Waals surface area contributed by atoms with Crippen LogP contribution in [0.5, 0.6) is 0 Å². The van der Waals surface area contributed by atoms with Crippen LogP contribution in [0.1, 0.15) is 37.1 Å². The Bertz CT molecular complexity index is 495. The van der Waals surface area contributed by atoms with E-state index in [0.717, 1.165) is 4.88 Å². The van der Waals surface area contributed by atoms with Crippen LogP contribution in [0.3, 0.4) is 0 Å². The molecule has 1 aromatic rings. The Morgan fingerprint density at radius 3 is 2.64 bits per heavy atom. The predicted molar refractivity (Wildman–Crippen MR) is 88.7 cm³/mol. The Morgan fingerprint density at radius 2 is 2.14 bits per heavy atom. The largest absolute Gasteiger partial charge is 0.354 e. The van der Waals surface area contributed by atoms with Gasteiger partial charge in [0.05, 0.1) is 12.5 Å². The van der Waals surface area contributed by atoms with Crippen molar-refractivity contribution in [1.29, 1.82) is 0 Å². The molecule has 2 N–H and O–H groups in total. The molecule has 1 heterocycles. The Hall–Kier alpha value is -1.40. The number of likely N-dealkylation sites (N-methyl/N-ethyl adjacent to an activating group) is 1. The first kappa shape index (κ1) is 17.0. The Kier molecular flexibility index (Phi) is 5.97. The smallest absolute Gasteiger partial charge is 0.222 e. The van der Waals surface area contributed by atoms with E-state index in [1.54, 1.807) is 11.3 Å². The lowest BCUT2D eigenvalue weighted by Gasteiger charge is -2.25. The molecule has 5 nitrogen and oxygen atoms in total. The lowest BCUT2D eigenvalue weighted by molar-refractivity contribution is -0.122. The fraction of sp³-hybridized carbons (Fsp3) is 0.625. The van der Waals surface area contributed by atoms with E-state index >= 15 is 0 Å². The third-order valence-corrected chi connectivity index (χ3v) is 4.98. The molecule has 2 amide bonds. The normalized spacial score (nSPS) is 17.1. The van der Waals surface area contributed by atoms with E-state index in [1.807, 2.05) is 17.5 Å². The third-order valence-electron chi connectivity index (χ3n) is 3.99. The van der Waals surface area contributed by atoms with Crippen LogP contribution in [-0.4, -0.2) is 43.4 Å². The molecule has 0 radical (unpaired) electrons. The zero-order valence-electron chi connectivity index (χ0n) is 13.5. The second kappa shape index (κ2) is 7.74. The van der Waals surface area contributed by atoms with Crippen LogP contribution in [-0.2, 0) is 9.59 Å². The summed E-state index contributed by atoms with van der Waals surface area (Å²) < 4.78 is 0. The van der Waals surface area contributed by atoms with E-state index in [2.05, 4.69) is 29.6 Å². The van der Waals surface area contributed by atoms with Gasteiger partial charge in [0.25, 0.3) is 0 Å². The second-order valence-corrected chi connectivity index (χ2v) is 7.12. The van der Waals surface area contributed by atoms with Gasteiger partial charge in [-0.05, 0) is 44.3 Å². The Morgan fingerprint density at radius 1 is 1.41 bits per heavy atom. The summed E-state index contributed by atoms with van der Waals surface area (Å²) >= 11 is 1.56. The van der Waals surface area contributed by atoms with Gasteiger partial charge in [-0.25, -0.2) is 0 Å². The number of hydrogen-bond acceptors (Lipinski definition) is 4. The van der Waals surface area contributed by atoms with Crippen molar-refractivity contribution in [2.45, 2.75) is 38.3 Å². The molecule has 2 atom stereocenters. The second-order valence-electron chi connectivity index (χ2n) is 6.15. The quantitative estimate of drug-likeness (QED) is 0.766. The van der Waals surface area contributed by atoms with Crippen LogP contribution in [0.2, 0.25) is 0 Å². The molecular formula is C16H25N3O2S. The molecule has 122 valence electrons. The van der Waals surface area contributed by atoms with E-state index in [4.69, 9.17) is 0 Å². The van der Waals surface area contributed by atoms with Gasteiger partial charge in [-0.1, -0.05) is 6.07 Å². The van der Waals surface area contributed by atoms with Crippen LogP contribution in [0.4, 0.5) is 0 Å². The fourth-order valence-corrected chi connectivity index (χ4v) is 3.46. The van der Waals surface area contributed by atoms with Gasteiger partial charge >= 0.3 is 0 Å². The maximum absolute atomic E-state index is 12.2. The first-order valence-electron chi connectivity index (χ1n) is 7.71. The number of carbonyl (C=O) groups is 2. The molecule has 1 aromatic heterocycles. The van der Waals surface area contributed by atoms with Crippen molar-refractivity contribution in [3.8, 4) is 0 Å². The topological polar surface area (TPSA) is 61.4 Å². The van der Waals surface area contributed by atoms with E-state index in [-0.39, 0.29) is 24.3 Å². The number of nitrogens with zero attached hydrogens (tertiary/aromatic N) is 1. The molecule has 22 heavy (non-hydrogen) atoms. The van der Waals surface area contributed by atoms with Crippen LogP contribution >= 0.6 is 11.3 Å². The average molecular weight is 323 g/mol. The Labute approximate surface area is 136 Å². The highest BCUT2D eigenvalue weighted by atomic mass is 32.1. The van der Waals surface area contributed by atoms with E-state index < -0.39 is 0 Å². The van der Waals surface area contributed by atoms with Crippen molar-refractivity contribution in [2.24, 2.45) is 5.92 Å². The number of thiophene rings is 1. The van der Waals surface area contributed by atoms with Crippen LogP contribution < -0.4 is 10.6 Å². The fourth-order valence-electron chi connectivity index (χ4n) is 2.69. The van der Waals surface area contributed by atoms with Gasteiger partial charge in [-0.2, -0.15) is 0 Å². The molecule has 6 heteroatoms. The predicted octanol–water partition coefficient (Wildman–Crippen LogP) is 1.77. The molecular weight excluding hydrogens is 298 g/mol. The molecule has 0 aliphatic heterocycles. The molecule has 1 saturated carbocycles. The summed E-state index contributed by atoms with van der Waals surface area (Å²) in [5.41, 5.74) is 0. The molecule has 0 saturated heterocycles. The van der Waals surface area contributed by atoms with Crippen molar-refractivity contribution in [3.63, 3.8) is 0 Å². The molecule has 1 fully saturated rings. The summed E-state index contributed by atoms with van der Waals surface area (Å²) in [6.45, 7) is 2.15. The van der Waals surface area contributed by atoms with E-state index in [9.17, 15) is 9.59 Å². The zero-order valence-corrected chi connectivity index (χ0v) is 14.3. The molecule has 1 aliphatic rings. The monoisotopic (exact) mass is 323 g/mol. The molecule has 0 aromatic carbocycles. The lowest BCUT2D eigenvalue weighted by atomic mass is 10.1. The minimum absolute atomic E-state index is 0.0142. The molecule has 0 bridgehead atoms. The summed E-state index contributed by atoms with van der Waals surface area (Å²) in [7, 11) is 4.11. The van der Waals surface area contributed by atoms with Crippen molar-refractivity contribution in [2.75, 3.05) is 20.6 Å². The standard InChI is InChI=1S/C16H25N3O2S/c1-11(20)18-13(15-5-4-8-22-15)9-16(21)17-10-14(19(2)3)12-6-7-12/h4-5,8,12-14H,6-7,9-10H2,1-3H3,(H,17,21)(H,18,20)/t13-,14+/m1/s1. The van der Waals surface area contributed by atoms with Gasteiger partial charge in [0, 0.05) is 24.4 Å². The van der Waals surface area contributed by atoms with Crippen molar-refractivity contribution >= 4 is 23.2 Å². The average Bonchev–Trinajstić information content (AvgIpc) is 3.11. The summed E-state index contributed by atoms with van der Waals surface area (Å²) in [6, 6.07) is 4.05. The van der Waals surface area contributed by atoms with Crippen molar-refractivity contribution in [1.82, 2.24) is 15.5 Å². The van der Waals surface area contributed by atoms with Gasteiger partial charge in [-0.3, -0.25) is 9.59 Å². The minimum Gasteiger partial charge on any atom is -0.354 e. The molecule has 2 rings (SSSR count). The van der Waals surface area contributed by atoms with Crippen LogP contribution in [0, 0.1) is 5.92 Å². The van der Waals surface area contributed by atoms with E-state index in [1.165, 1.54) is 19.8 Å². The maximum atomic E-state index is 12.2. The highest BCUT2D eigenvalue weighted by molar-refractivity contribution is 7.10. The summed E-state index contributed by atoms with van der Waals surface area (Å²) in [4.78, 5) is 26.8. The number of carbonyl (C=O) groups excluding carboxylic acids is 2. The van der Waals surface area contributed by atoms with E-state index in [0.29, 0.717) is 18.5 Å². The Balaban J connectivity index is 1.86. The summed E-state index contributed by atoms with van der Waals surface area (Å²) in [5, 5.41) is 7.84. The minimum atomic E-state index is -0.240. The number of hydrogen-bond donors (Lipinski definition) is 2. The highest BCUT2D eigenvalue weighted by Gasteiger charge is 2.32. The number of nitrogens with one attached hydrogen (secondary N) is 2. The van der Waals surface area contributed by atoms with Gasteiger partial charge in [-0.15, -0.1) is 11.3 Å². The summed E-state index contributed by atoms with van der Waals surface area (Å²) in [5.74, 6) is 0.578. The van der Waals surface area contributed by atoms with Crippen molar-refractivity contribution in [3.05, 3.63) is 22.4 Å². The van der Waals surface area contributed by atoms with Gasteiger partial charge in [0.1, 0.15) is 0 Å². The van der Waals surface area contributed by atoms with Crippen molar-refractivity contribution < 1.29 is 9.59 Å². The third kappa shape index (κ3) is 5.10. The number of rotatable bonds is 8. The molecule has 1 aliphatic carbocycles. The van der Waals surface area contributed by atoms with Gasteiger partial charge < -0.3 is 15.5 Å². The molecule has 0 unspecified atom stereocenters. The SMILES string of the molecule is CC(=O)N[C@H](CC(=O)NC[C@@H](C1CC1)N(C)C)c1cccs1. The van der Waals surface area contributed by atoms with Gasteiger partial charge in [0.15, 0.2) is 0 Å².